The van der Waals surface area contributed by atoms with Gasteiger partial charge in [0.05, 0.1) is 10.2 Å². The van der Waals surface area contributed by atoms with E-state index in [1.54, 1.807) is 6.92 Å². The number of aromatic nitrogens is 3. The molecular weight excluding hydrogens is 288 g/mol. The second-order valence-electron chi connectivity index (χ2n) is 4.77. The van der Waals surface area contributed by atoms with Crippen LogP contribution in [0.3, 0.4) is 0 Å². The first-order chi connectivity index (χ1) is 9.95. The predicted molar refractivity (Wildman–Crippen MR) is 83.3 cm³/mol. The molecule has 0 saturated carbocycles. The zero-order chi connectivity index (χ0) is 15.1. The highest BCUT2D eigenvalue weighted by Crippen LogP contribution is 2.36. The number of pyridine rings is 1. The van der Waals surface area contributed by atoms with E-state index in [-0.39, 0.29) is 0 Å². The van der Waals surface area contributed by atoms with E-state index in [0.29, 0.717) is 11.6 Å². The van der Waals surface area contributed by atoms with Gasteiger partial charge >= 0.3 is 6.03 Å². The minimum atomic E-state index is -0.675. The predicted octanol–water partition coefficient (Wildman–Crippen LogP) is 2.16. The van der Waals surface area contributed by atoms with Gasteiger partial charge in [-0.15, -0.1) is 11.3 Å². The quantitative estimate of drug-likeness (QED) is 0.629. The number of carbonyl (C=O) groups is 1. The van der Waals surface area contributed by atoms with Crippen LogP contribution in [-0.2, 0) is 0 Å². The highest BCUT2D eigenvalue weighted by Gasteiger charge is 2.15. The number of aryl methyl sites for hydroxylation is 3. The molecule has 0 unspecified atom stereocenters. The van der Waals surface area contributed by atoms with Crippen molar-refractivity contribution in [1.82, 2.24) is 20.4 Å². The molecule has 7 nitrogen and oxygen atoms in total. The molecule has 0 aromatic carbocycles. The number of rotatable bonds is 2. The van der Waals surface area contributed by atoms with Crippen molar-refractivity contribution in [3.05, 3.63) is 23.1 Å². The van der Waals surface area contributed by atoms with Gasteiger partial charge in [-0.05, 0) is 32.4 Å². The van der Waals surface area contributed by atoms with Crippen molar-refractivity contribution in [3.63, 3.8) is 0 Å². The molecule has 0 saturated heterocycles. The third-order valence-electron chi connectivity index (χ3n) is 3.03. The number of nitrogens with zero attached hydrogens (tertiary/aromatic N) is 3. The summed E-state index contributed by atoms with van der Waals surface area (Å²) in [6, 6.07) is 1.35. The van der Waals surface area contributed by atoms with Crippen LogP contribution in [0, 0.1) is 20.8 Å². The molecular formula is C13H14N6OS. The van der Waals surface area contributed by atoms with Gasteiger partial charge < -0.3 is 5.73 Å². The van der Waals surface area contributed by atoms with Gasteiger partial charge in [0.15, 0.2) is 5.82 Å². The largest absolute Gasteiger partial charge is 0.350 e. The Labute approximate surface area is 124 Å². The monoisotopic (exact) mass is 302 g/mol. The number of urea groups is 1. The summed E-state index contributed by atoms with van der Waals surface area (Å²) >= 11 is 1.49. The van der Waals surface area contributed by atoms with Crippen LogP contribution in [-0.4, -0.2) is 21.0 Å². The van der Waals surface area contributed by atoms with Crippen LogP contribution in [0.25, 0.3) is 20.4 Å². The number of amides is 2. The van der Waals surface area contributed by atoms with Crippen LogP contribution in [0.15, 0.2) is 6.07 Å². The molecule has 8 heteroatoms. The van der Waals surface area contributed by atoms with Crippen LogP contribution in [0.2, 0.25) is 0 Å². The topological polar surface area (TPSA) is 106 Å². The number of primary amides is 1. The first-order valence-corrected chi connectivity index (χ1v) is 7.14. The molecule has 3 aromatic heterocycles. The average molecular weight is 302 g/mol. The van der Waals surface area contributed by atoms with Gasteiger partial charge in [0.25, 0.3) is 0 Å². The maximum Gasteiger partial charge on any atom is 0.330 e. The number of hydrogen-bond acceptors (Lipinski definition) is 6. The van der Waals surface area contributed by atoms with Gasteiger partial charge in [0.1, 0.15) is 10.7 Å². The Bertz CT molecular complexity index is 872. The standard InChI is InChI=1S/C13H14N6OS/c1-5-4-6(2)15-12-8(5)9-10(21-12)11(17-7(3)16-9)18-19-13(14)20/h4H,1-3H3,(H3,14,19,20)(H,16,17,18). The number of thiophene rings is 1. The van der Waals surface area contributed by atoms with E-state index in [1.807, 2.05) is 19.9 Å². The fourth-order valence-corrected chi connectivity index (χ4v) is 3.48. The highest BCUT2D eigenvalue weighted by atomic mass is 32.1. The summed E-state index contributed by atoms with van der Waals surface area (Å²) in [5.74, 6) is 1.13. The molecule has 0 atom stereocenters. The Kier molecular flexibility index (Phi) is 3.09. The van der Waals surface area contributed by atoms with Crippen LogP contribution >= 0.6 is 11.3 Å². The molecule has 0 spiro atoms. The van der Waals surface area contributed by atoms with E-state index in [0.717, 1.165) is 31.7 Å². The SMILES string of the molecule is Cc1cc(C)c2c(n1)sc1c(NNC(N)=O)nc(C)nc12. The molecule has 0 bridgehead atoms. The zero-order valence-corrected chi connectivity index (χ0v) is 12.6. The first-order valence-electron chi connectivity index (χ1n) is 6.32. The van der Waals surface area contributed by atoms with Crippen molar-refractivity contribution >= 4 is 43.6 Å². The number of carbonyl (C=O) groups excluding carboxylic acids is 1. The zero-order valence-electron chi connectivity index (χ0n) is 11.8. The summed E-state index contributed by atoms with van der Waals surface area (Å²) in [6.45, 7) is 5.80. The number of hydrogen-bond donors (Lipinski definition) is 3. The third kappa shape index (κ3) is 2.33. The summed E-state index contributed by atoms with van der Waals surface area (Å²) in [4.78, 5) is 25.1. The fraction of sp³-hybridized carbons (Fsp3) is 0.231. The maximum atomic E-state index is 10.9. The third-order valence-corrected chi connectivity index (χ3v) is 4.11. The lowest BCUT2D eigenvalue weighted by atomic mass is 10.1. The Hall–Kier alpha value is -2.48. The van der Waals surface area contributed by atoms with Gasteiger partial charge in [-0.1, -0.05) is 0 Å². The van der Waals surface area contributed by atoms with Gasteiger partial charge in [0, 0.05) is 11.1 Å². The van der Waals surface area contributed by atoms with E-state index in [2.05, 4.69) is 25.8 Å². The molecule has 4 N–H and O–H groups in total. The lowest BCUT2D eigenvalue weighted by Crippen LogP contribution is -2.34. The second-order valence-corrected chi connectivity index (χ2v) is 5.77. The maximum absolute atomic E-state index is 10.9. The molecule has 3 aromatic rings. The van der Waals surface area contributed by atoms with Gasteiger partial charge in [-0.3, -0.25) is 10.9 Å². The van der Waals surface area contributed by atoms with E-state index >= 15 is 0 Å². The smallest absolute Gasteiger partial charge is 0.330 e. The van der Waals surface area contributed by atoms with Crippen molar-refractivity contribution in [3.8, 4) is 0 Å². The van der Waals surface area contributed by atoms with Crippen molar-refractivity contribution in [2.45, 2.75) is 20.8 Å². The summed E-state index contributed by atoms with van der Waals surface area (Å²) in [6.07, 6.45) is 0. The minimum absolute atomic E-state index is 0.524. The number of nitrogens with two attached hydrogens (primary N) is 1. The van der Waals surface area contributed by atoms with Crippen LogP contribution < -0.4 is 16.6 Å². The Morgan fingerprint density at radius 3 is 2.71 bits per heavy atom. The van der Waals surface area contributed by atoms with Gasteiger partial charge in [-0.25, -0.2) is 19.7 Å². The lowest BCUT2D eigenvalue weighted by Gasteiger charge is -2.06. The average Bonchev–Trinajstić information content (AvgIpc) is 2.73. The van der Waals surface area contributed by atoms with E-state index in [9.17, 15) is 4.79 Å². The highest BCUT2D eigenvalue weighted by molar-refractivity contribution is 7.26. The van der Waals surface area contributed by atoms with Crippen LogP contribution in [0.1, 0.15) is 17.1 Å². The van der Waals surface area contributed by atoms with Gasteiger partial charge in [-0.2, -0.15) is 0 Å². The molecule has 0 aliphatic carbocycles. The van der Waals surface area contributed by atoms with E-state index < -0.39 is 6.03 Å². The normalized spacial score (nSPS) is 11.0. The number of nitrogens with one attached hydrogen (secondary N) is 2. The number of fused-ring (bicyclic) bond motifs is 3. The Morgan fingerprint density at radius 1 is 1.24 bits per heavy atom. The molecule has 3 heterocycles. The first kappa shape index (κ1) is 13.5. The summed E-state index contributed by atoms with van der Waals surface area (Å²) < 4.78 is 0.838. The molecule has 21 heavy (non-hydrogen) atoms. The van der Waals surface area contributed by atoms with E-state index in [1.165, 1.54) is 11.3 Å². The van der Waals surface area contributed by atoms with Crippen molar-refractivity contribution in [2.75, 3.05) is 5.43 Å². The van der Waals surface area contributed by atoms with Crippen molar-refractivity contribution in [1.29, 1.82) is 0 Å². The van der Waals surface area contributed by atoms with E-state index in [4.69, 9.17) is 5.73 Å². The van der Waals surface area contributed by atoms with Crippen LogP contribution in [0.4, 0.5) is 10.6 Å². The lowest BCUT2D eigenvalue weighted by molar-refractivity contribution is 0.250. The van der Waals surface area contributed by atoms with Crippen LogP contribution in [0.5, 0.6) is 0 Å². The Balaban J connectivity index is 2.30. The minimum Gasteiger partial charge on any atom is -0.350 e. The molecule has 108 valence electrons. The molecule has 0 aliphatic rings. The summed E-state index contributed by atoms with van der Waals surface area (Å²) in [5.41, 5.74) is 13.1. The molecule has 0 radical (unpaired) electrons. The fourth-order valence-electron chi connectivity index (χ4n) is 2.30. The summed E-state index contributed by atoms with van der Waals surface area (Å²) in [7, 11) is 0. The molecule has 0 fully saturated rings. The van der Waals surface area contributed by atoms with Crippen molar-refractivity contribution < 1.29 is 4.79 Å². The second kappa shape index (κ2) is 4.81. The molecule has 2 amide bonds. The van der Waals surface area contributed by atoms with Crippen molar-refractivity contribution in [2.24, 2.45) is 5.73 Å². The Morgan fingerprint density at radius 2 is 2.00 bits per heavy atom. The number of hydrazine groups is 1. The number of anilines is 1. The summed E-state index contributed by atoms with van der Waals surface area (Å²) in [5, 5.41) is 1.02. The molecule has 3 rings (SSSR count). The molecule has 0 aliphatic heterocycles. The van der Waals surface area contributed by atoms with Gasteiger partial charge in [0.2, 0.25) is 0 Å².